The van der Waals surface area contributed by atoms with Crippen molar-refractivity contribution in [3.63, 3.8) is 0 Å². The number of rotatable bonds is 5. The maximum absolute atomic E-state index is 6.26. The lowest BCUT2D eigenvalue weighted by Crippen LogP contribution is -2.00. The molecule has 2 rings (SSSR count). The van der Waals surface area contributed by atoms with Crippen molar-refractivity contribution >= 4 is 22.5 Å². The summed E-state index contributed by atoms with van der Waals surface area (Å²) >= 11 is 6.26. The minimum absolute atomic E-state index is 0.291. The number of benzene rings is 1. The molecule has 1 atom stereocenters. The average Bonchev–Trinajstić information content (AvgIpc) is 2.36. The van der Waals surface area contributed by atoms with Crippen molar-refractivity contribution in [1.82, 2.24) is 4.98 Å². The number of hydrogen-bond donors (Lipinski definition) is 0. The van der Waals surface area contributed by atoms with Gasteiger partial charge in [-0.15, -0.1) is 11.6 Å². The number of para-hydroxylation sites is 1. The molecule has 1 aromatic carbocycles. The number of halogens is 1. The first kappa shape index (κ1) is 12.4. The molecule has 17 heavy (non-hydrogen) atoms. The Morgan fingerprint density at radius 3 is 2.82 bits per heavy atom. The van der Waals surface area contributed by atoms with E-state index in [1.54, 1.807) is 0 Å². The Labute approximate surface area is 108 Å². The van der Waals surface area contributed by atoms with Crippen LogP contribution in [0.2, 0.25) is 0 Å². The molecule has 0 bridgehead atoms. The van der Waals surface area contributed by atoms with Crippen LogP contribution in [0.5, 0.6) is 0 Å². The van der Waals surface area contributed by atoms with Crippen LogP contribution in [-0.2, 0) is 6.42 Å². The van der Waals surface area contributed by atoms with Gasteiger partial charge in [0.15, 0.2) is 0 Å². The van der Waals surface area contributed by atoms with Gasteiger partial charge in [-0.05, 0) is 30.9 Å². The topological polar surface area (TPSA) is 12.9 Å². The molecule has 0 saturated carbocycles. The summed E-state index contributed by atoms with van der Waals surface area (Å²) in [6.07, 6.45) is 6.16. The molecule has 1 unspecified atom stereocenters. The summed E-state index contributed by atoms with van der Waals surface area (Å²) in [7, 11) is 0. The number of aryl methyl sites for hydroxylation is 1. The van der Waals surface area contributed by atoms with Gasteiger partial charge in [0.2, 0.25) is 0 Å². The smallest absolute Gasteiger partial charge is 0.0733 e. The fourth-order valence-corrected chi connectivity index (χ4v) is 2.47. The number of aromatic nitrogens is 1. The Morgan fingerprint density at radius 1 is 1.18 bits per heavy atom. The predicted octanol–water partition coefficient (Wildman–Crippen LogP) is 4.57. The van der Waals surface area contributed by atoms with E-state index < -0.39 is 0 Å². The van der Waals surface area contributed by atoms with E-state index >= 15 is 0 Å². The van der Waals surface area contributed by atoms with Crippen LogP contribution in [0.1, 0.15) is 31.7 Å². The van der Waals surface area contributed by atoms with E-state index in [0.717, 1.165) is 31.2 Å². The van der Waals surface area contributed by atoms with Gasteiger partial charge in [0.05, 0.1) is 5.52 Å². The van der Waals surface area contributed by atoms with E-state index in [2.05, 4.69) is 36.2 Å². The number of pyridine rings is 1. The van der Waals surface area contributed by atoms with Gasteiger partial charge in [-0.1, -0.05) is 37.6 Å². The monoisotopic (exact) mass is 247 g/mol. The summed E-state index contributed by atoms with van der Waals surface area (Å²) in [5.74, 6) is 0. The van der Waals surface area contributed by atoms with Crippen LogP contribution in [0.25, 0.3) is 10.9 Å². The van der Waals surface area contributed by atoms with Crippen molar-refractivity contribution in [2.24, 2.45) is 0 Å². The number of nitrogens with zero attached hydrogens (tertiary/aromatic N) is 1. The summed E-state index contributed by atoms with van der Waals surface area (Å²) in [5, 5.41) is 1.51. The molecule has 0 N–H and O–H groups in total. The molecule has 0 fully saturated rings. The zero-order valence-electron chi connectivity index (χ0n) is 10.2. The molecule has 90 valence electrons. The molecule has 2 aromatic rings. The summed E-state index contributed by atoms with van der Waals surface area (Å²) in [5.41, 5.74) is 2.43. The molecular weight excluding hydrogens is 230 g/mol. The Kier molecular flexibility index (Phi) is 4.38. The molecule has 0 amide bonds. The highest BCUT2D eigenvalue weighted by atomic mass is 35.5. The first-order valence-corrected chi connectivity index (χ1v) is 6.71. The van der Waals surface area contributed by atoms with Crippen molar-refractivity contribution in [2.45, 2.75) is 38.0 Å². The van der Waals surface area contributed by atoms with E-state index in [-0.39, 0.29) is 0 Å². The highest BCUT2D eigenvalue weighted by Gasteiger charge is 2.06. The summed E-state index contributed by atoms with van der Waals surface area (Å²) in [4.78, 5) is 4.46. The molecular formula is C15H18ClN. The van der Waals surface area contributed by atoms with Crippen LogP contribution in [0, 0.1) is 0 Å². The van der Waals surface area contributed by atoms with E-state index in [1.807, 2.05) is 12.3 Å². The molecule has 0 spiro atoms. The minimum Gasteiger partial charge on any atom is -0.256 e. The largest absolute Gasteiger partial charge is 0.256 e. The normalized spacial score (nSPS) is 12.8. The lowest BCUT2D eigenvalue weighted by molar-refractivity contribution is 0.677. The molecule has 1 nitrogen and oxygen atoms in total. The molecule has 0 radical (unpaired) electrons. The highest BCUT2D eigenvalue weighted by molar-refractivity contribution is 6.20. The lowest BCUT2D eigenvalue weighted by Gasteiger charge is -2.09. The van der Waals surface area contributed by atoms with E-state index in [1.165, 1.54) is 10.9 Å². The molecule has 0 aliphatic heterocycles. The van der Waals surface area contributed by atoms with Gasteiger partial charge >= 0.3 is 0 Å². The predicted molar refractivity (Wildman–Crippen MR) is 74.6 cm³/mol. The van der Waals surface area contributed by atoms with Crippen molar-refractivity contribution in [3.8, 4) is 0 Å². The second-order valence-corrected chi connectivity index (χ2v) is 5.03. The number of alkyl halides is 1. The lowest BCUT2D eigenvalue weighted by atomic mass is 10.0. The second kappa shape index (κ2) is 6.02. The average molecular weight is 248 g/mol. The third-order valence-corrected chi connectivity index (χ3v) is 3.48. The Balaban J connectivity index is 2.13. The molecule has 0 saturated heterocycles. The third kappa shape index (κ3) is 3.19. The van der Waals surface area contributed by atoms with Crippen LogP contribution in [0.4, 0.5) is 0 Å². The van der Waals surface area contributed by atoms with Gasteiger partial charge in [-0.25, -0.2) is 0 Å². The van der Waals surface area contributed by atoms with Crippen LogP contribution < -0.4 is 0 Å². The molecule has 2 heteroatoms. The van der Waals surface area contributed by atoms with E-state index in [0.29, 0.717) is 5.38 Å². The van der Waals surface area contributed by atoms with Crippen LogP contribution in [0.15, 0.2) is 36.5 Å². The first-order valence-electron chi connectivity index (χ1n) is 6.28. The maximum Gasteiger partial charge on any atom is 0.0733 e. The van der Waals surface area contributed by atoms with Gasteiger partial charge in [0.1, 0.15) is 0 Å². The van der Waals surface area contributed by atoms with Crippen LogP contribution >= 0.6 is 11.6 Å². The Morgan fingerprint density at radius 2 is 2.00 bits per heavy atom. The zero-order valence-corrected chi connectivity index (χ0v) is 11.0. The minimum atomic E-state index is 0.291. The molecule has 0 aliphatic rings. The van der Waals surface area contributed by atoms with Crippen molar-refractivity contribution in [1.29, 1.82) is 0 Å². The van der Waals surface area contributed by atoms with Gasteiger partial charge < -0.3 is 0 Å². The van der Waals surface area contributed by atoms with Crippen molar-refractivity contribution in [2.75, 3.05) is 0 Å². The maximum atomic E-state index is 6.26. The third-order valence-electron chi connectivity index (χ3n) is 3.05. The van der Waals surface area contributed by atoms with Crippen LogP contribution in [0.3, 0.4) is 0 Å². The summed E-state index contributed by atoms with van der Waals surface area (Å²) in [6.45, 7) is 2.18. The zero-order chi connectivity index (χ0) is 12.1. The van der Waals surface area contributed by atoms with Gasteiger partial charge in [0.25, 0.3) is 0 Å². The standard InChI is InChI=1S/C15H18ClN/c1-2-5-14(16)10-9-13-7-3-6-12-8-4-11-17-15(12)13/h3-4,6-8,11,14H,2,5,9-10H2,1H3. The Bertz CT molecular complexity index is 476. The first-order chi connectivity index (χ1) is 8.31. The number of fused-ring (bicyclic) bond motifs is 1. The molecule has 0 aliphatic carbocycles. The highest BCUT2D eigenvalue weighted by Crippen LogP contribution is 2.20. The van der Waals surface area contributed by atoms with Gasteiger partial charge in [-0.3, -0.25) is 4.98 Å². The summed E-state index contributed by atoms with van der Waals surface area (Å²) < 4.78 is 0. The van der Waals surface area contributed by atoms with E-state index in [4.69, 9.17) is 11.6 Å². The number of hydrogen-bond acceptors (Lipinski definition) is 1. The molecule has 1 aromatic heterocycles. The van der Waals surface area contributed by atoms with Gasteiger partial charge in [-0.2, -0.15) is 0 Å². The fraction of sp³-hybridized carbons (Fsp3) is 0.400. The fourth-order valence-electron chi connectivity index (χ4n) is 2.14. The Hall–Kier alpha value is -1.08. The second-order valence-electron chi connectivity index (χ2n) is 4.42. The van der Waals surface area contributed by atoms with Crippen molar-refractivity contribution in [3.05, 3.63) is 42.1 Å². The van der Waals surface area contributed by atoms with Gasteiger partial charge in [0, 0.05) is 17.0 Å². The van der Waals surface area contributed by atoms with Crippen molar-refractivity contribution < 1.29 is 0 Å². The quantitative estimate of drug-likeness (QED) is 0.705. The molecule has 1 heterocycles. The summed E-state index contributed by atoms with van der Waals surface area (Å²) in [6, 6.07) is 10.5. The van der Waals surface area contributed by atoms with Crippen LogP contribution in [-0.4, -0.2) is 10.4 Å². The van der Waals surface area contributed by atoms with E-state index in [9.17, 15) is 0 Å². The SMILES string of the molecule is CCCC(Cl)CCc1cccc2cccnc12.